The summed E-state index contributed by atoms with van der Waals surface area (Å²) in [6.45, 7) is 2.10. The number of aldehydes is 1. The Bertz CT molecular complexity index is 1120. The van der Waals surface area contributed by atoms with Crippen LogP contribution in [0.3, 0.4) is 0 Å². The second-order valence-electron chi connectivity index (χ2n) is 11.1. The van der Waals surface area contributed by atoms with Crippen molar-refractivity contribution in [3.63, 3.8) is 0 Å². The highest BCUT2D eigenvalue weighted by molar-refractivity contribution is 5.87. The van der Waals surface area contributed by atoms with Crippen molar-refractivity contribution in [1.82, 2.24) is 16.0 Å². The zero-order valence-electron chi connectivity index (χ0n) is 28.7. The number of carboxylic acid groups (broad SMARTS) is 2. The van der Waals surface area contributed by atoms with Crippen LogP contribution in [0.25, 0.3) is 0 Å². The molecule has 0 saturated carbocycles. The van der Waals surface area contributed by atoms with E-state index in [9.17, 15) is 33.9 Å². The average Bonchev–Trinajstić information content (AvgIpc) is 3.09. The Kier molecular flexibility index (Phi) is 26.1. The van der Waals surface area contributed by atoms with E-state index in [0.717, 1.165) is 44.9 Å². The van der Waals surface area contributed by atoms with Crippen LogP contribution in [0.2, 0.25) is 0 Å². The van der Waals surface area contributed by atoms with E-state index in [1.807, 2.05) is 0 Å². The number of hydrogen-bond donors (Lipinski definition) is 5. The van der Waals surface area contributed by atoms with E-state index in [1.54, 1.807) is 12.1 Å². The molecule has 50 heavy (non-hydrogen) atoms. The van der Waals surface area contributed by atoms with E-state index in [4.69, 9.17) is 28.8 Å². The first-order chi connectivity index (χ1) is 24.2. The number of rotatable bonds is 33. The molecular formula is C34H53N3O13. The number of aliphatic carboxylic acids is 1. The van der Waals surface area contributed by atoms with Crippen LogP contribution >= 0.6 is 0 Å². The van der Waals surface area contributed by atoms with Crippen molar-refractivity contribution in [3.05, 3.63) is 29.8 Å². The maximum absolute atomic E-state index is 12.1. The van der Waals surface area contributed by atoms with E-state index in [1.165, 1.54) is 12.1 Å². The lowest BCUT2D eigenvalue weighted by molar-refractivity contribution is -0.143. The van der Waals surface area contributed by atoms with Gasteiger partial charge in [-0.1, -0.05) is 32.1 Å². The SMILES string of the molecule is O=CCOCCOCCNC(=O)CC[C@H](NC(=O)COCCOCCNC(=O)CCCCCCCCCOc1ccc(C(=O)O)cc1)C(=O)O. The molecule has 1 aromatic rings. The maximum Gasteiger partial charge on any atom is 0.335 e. The molecule has 5 N–H and O–H groups in total. The van der Waals surface area contributed by atoms with Crippen molar-refractivity contribution < 1.29 is 62.7 Å². The summed E-state index contributed by atoms with van der Waals surface area (Å²) in [6, 6.07) is 5.11. The van der Waals surface area contributed by atoms with Crippen LogP contribution in [-0.4, -0.2) is 125 Å². The van der Waals surface area contributed by atoms with Gasteiger partial charge < -0.3 is 54.6 Å². The normalized spacial score (nSPS) is 11.4. The van der Waals surface area contributed by atoms with Crippen LogP contribution in [0.5, 0.6) is 5.75 Å². The van der Waals surface area contributed by atoms with Crippen LogP contribution in [0, 0.1) is 0 Å². The van der Waals surface area contributed by atoms with Crippen LogP contribution in [0.1, 0.15) is 74.6 Å². The Balaban J connectivity index is 1.93. The largest absolute Gasteiger partial charge is 0.494 e. The number of benzene rings is 1. The predicted octanol–water partition coefficient (Wildman–Crippen LogP) is 1.73. The number of ether oxygens (including phenoxy) is 5. The fourth-order valence-electron chi connectivity index (χ4n) is 4.36. The summed E-state index contributed by atoms with van der Waals surface area (Å²) < 4.78 is 26.4. The first-order valence-corrected chi connectivity index (χ1v) is 17.0. The number of hydrogen-bond acceptors (Lipinski definition) is 11. The smallest absolute Gasteiger partial charge is 0.335 e. The number of carboxylic acids is 2. The summed E-state index contributed by atoms with van der Waals surface area (Å²) in [5.74, 6) is -2.63. The standard InChI is InChI=1S/C34H53N3O13/c38-17-21-48-23-22-46-20-16-36-31(40)14-13-29(34(44)45)37-32(41)26-49-25-24-47-19-15-35-30(39)8-6-4-2-1-3-5-7-18-50-28-11-9-27(10-12-28)33(42)43/h9-12,17,29H,1-8,13-16,18-26H2,(H,35,39)(H,36,40)(H,37,41)(H,42,43)(H,44,45)/t29-/m0/s1. The molecule has 0 unspecified atom stereocenters. The topological polar surface area (TPSA) is 225 Å². The molecule has 16 nitrogen and oxygen atoms in total. The predicted molar refractivity (Wildman–Crippen MR) is 180 cm³/mol. The molecule has 3 amide bonds. The molecule has 1 rings (SSSR count). The van der Waals surface area contributed by atoms with Crippen LogP contribution < -0.4 is 20.7 Å². The quantitative estimate of drug-likeness (QED) is 0.0518. The third-order valence-electron chi connectivity index (χ3n) is 7.01. The maximum atomic E-state index is 12.1. The van der Waals surface area contributed by atoms with E-state index in [0.29, 0.717) is 31.6 Å². The molecular weight excluding hydrogens is 658 g/mol. The summed E-state index contributed by atoms with van der Waals surface area (Å²) in [6.07, 6.45) is 7.85. The van der Waals surface area contributed by atoms with E-state index in [-0.39, 0.29) is 89.6 Å². The van der Waals surface area contributed by atoms with Crippen molar-refractivity contribution in [2.24, 2.45) is 0 Å². The van der Waals surface area contributed by atoms with Gasteiger partial charge in [0.1, 0.15) is 31.3 Å². The zero-order chi connectivity index (χ0) is 36.7. The van der Waals surface area contributed by atoms with Crippen LogP contribution in [0.15, 0.2) is 24.3 Å². The summed E-state index contributed by atoms with van der Waals surface area (Å²) in [5.41, 5.74) is 0.232. The molecule has 0 spiro atoms. The lowest BCUT2D eigenvalue weighted by atomic mass is 10.1. The Morgan fingerprint density at radius 2 is 1.20 bits per heavy atom. The highest BCUT2D eigenvalue weighted by Crippen LogP contribution is 2.14. The fraction of sp³-hybridized carbons (Fsp3) is 0.647. The minimum absolute atomic E-state index is 0.00652. The lowest BCUT2D eigenvalue weighted by Crippen LogP contribution is -2.43. The monoisotopic (exact) mass is 711 g/mol. The number of unbranched alkanes of at least 4 members (excludes halogenated alkanes) is 6. The number of nitrogens with one attached hydrogen (secondary N) is 3. The second kappa shape index (κ2) is 29.8. The Labute approximate surface area is 292 Å². The van der Waals surface area contributed by atoms with Gasteiger partial charge in [-0.2, -0.15) is 0 Å². The van der Waals surface area contributed by atoms with Crippen molar-refractivity contribution >= 4 is 35.9 Å². The molecule has 0 aliphatic carbocycles. The van der Waals surface area contributed by atoms with Gasteiger partial charge in [0.05, 0.1) is 51.8 Å². The zero-order valence-corrected chi connectivity index (χ0v) is 28.7. The fourth-order valence-corrected chi connectivity index (χ4v) is 4.36. The van der Waals surface area contributed by atoms with Gasteiger partial charge in [-0.15, -0.1) is 0 Å². The van der Waals surface area contributed by atoms with Gasteiger partial charge in [-0.3, -0.25) is 14.4 Å². The molecule has 0 saturated heterocycles. The van der Waals surface area contributed by atoms with Crippen molar-refractivity contribution in [1.29, 1.82) is 0 Å². The molecule has 0 radical (unpaired) electrons. The van der Waals surface area contributed by atoms with Gasteiger partial charge >= 0.3 is 11.9 Å². The molecule has 0 aliphatic rings. The summed E-state index contributed by atoms with van der Waals surface area (Å²) in [4.78, 5) is 68.5. The van der Waals surface area contributed by atoms with Gasteiger partial charge in [-0.05, 0) is 43.5 Å². The number of carbonyl (C=O) groups excluding carboxylic acids is 4. The highest BCUT2D eigenvalue weighted by atomic mass is 16.5. The lowest BCUT2D eigenvalue weighted by Gasteiger charge is -2.14. The van der Waals surface area contributed by atoms with Gasteiger partial charge in [0, 0.05) is 25.9 Å². The third kappa shape index (κ3) is 24.9. The van der Waals surface area contributed by atoms with Crippen molar-refractivity contribution in [2.75, 3.05) is 72.6 Å². The summed E-state index contributed by atoms with van der Waals surface area (Å²) in [5, 5.41) is 26.0. The van der Waals surface area contributed by atoms with E-state index < -0.39 is 23.9 Å². The Hall–Kier alpha value is -4.12. The molecule has 0 aromatic heterocycles. The third-order valence-corrected chi connectivity index (χ3v) is 7.01. The van der Waals surface area contributed by atoms with Crippen LogP contribution in [0.4, 0.5) is 0 Å². The molecule has 16 heteroatoms. The minimum Gasteiger partial charge on any atom is -0.494 e. The molecule has 0 bridgehead atoms. The van der Waals surface area contributed by atoms with Gasteiger partial charge in [0.25, 0.3) is 0 Å². The minimum atomic E-state index is -1.27. The molecule has 0 aliphatic heterocycles. The van der Waals surface area contributed by atoms with Crippen molar-refractivity contribution in [2.45, 2.75) is 70.3 Å². The Morgan fingerprint density at radius 1 is 0.640 bits per heavy atom. The van der Waals surface area contributed by atoms with Crippen molar-refractivity contribution in [3.8, 4) is 5.75 Å². The molecule has 0 heterocycles. The van der Waals surface area contributed by atoms with E-state index >= 15 is 0 Å². The average molecular weight is 712 g/mol. The molecule has 0 fully saturated rings. The summed E-state index contributed by atoms with van der Waals surface area (Å²) in [7, 11) is 0. The van der Waals surface area contributed by atoms with Gasteiger partial charge in [0.15, 0.2) is 0 Å². The molecule has 1 atom stereocenters. The number of carbonyl (C=O) groups is 6. The van der Waals surface area contributed by atoms with Gasteiger partial charge in [0.2, 0.25) is 17.7 Å². The Morgan fingerprint density at radius 3 is 1.80 bits per heavy atom. The first kappa shape index (κ1) is 43.9. The molecule has 1 aromatic carbocycles. The first-order valence-electron chi connectivity index (χ1n) is 17.0. The van der Waals surface area contributed by atoms with Gasteiger partial charge in [-0.25, -0.2) is 9.59 Å². The van der Waals surface area contributed by atoms with E-state index in [2.05, 4.69) is 16.0 Å². The summed E-state index contributed by atoms with van der Waals surface area (Å²) >= 11 is 0. The molecule has 282 valence electrons. The second-order valence-corrected chi connectivity index (χ2v) is 11.1. The number of amides is 3. The highest BCUT2D eigenvalue weighted by Gasteiger charge is 2.21. The number of aromatic carboxylic acids is 1. The van der Waals surface area contributed by atoms with Crippen LogP contribution in [-0.2, 0) is 42.9 Å².